The molecule has 5 nitrogen and oxygen atoms in total. The highest BCUT2D eigenvalue weighted by Gasteiger charge is 2.15. The van der Waals surface area contributed by atoms with Gasteiger partial charge in [0, 0.05) is 19.3 Å². The minimum absolute atomic E-state index is 0.00417. The smallest absolute Gasteiger partial charge is 0.342 e. The zero-order chi connectivity index (χ0) is 17.0. The van der Waals surface area contributed by atoms with E-state index in [-0.39, 0.29) is 11.3 Å². The second-order valence-corrected chi connectivity index (χ2v) is 6.56. The van der Waals surface area contributed by atoms with Gasteiger partial charge in [-0.15, -0.1) is 0 Å². The second-order valence-electron chi connectivity index (χ2n) is 4.44. The molecule has 0 bridgehead atoms. The van der Waals surface area contributed by atoms with E-state index < -0.39 is 18.5 Å². The number of esters is 1. The number of hydrogen-bond donors (Lipinski definition) is 2. The maximum Gasteiger partial charge on any atom is 0.342 e. The Balaban J connectivity index is 1.96. The largest absolute Gasteiger partial charge is 0.507 e. The van der Waals surface area contributed by atoms with Crippen molar-refractivity contribution in [1.82, 2.24) is 0 Å². The Morgan fingerprint density at radius 1 is 1.13 bits per heavy atom. The molecule has 2 aromatic rings. The number of halogens is 3. The highest BCUT2D eigenvalue weighted by molar-refractivity contribution is 14.1. The number of carbonyl (C=O) groups is 2. The second kappa shape index (κ2) is 7.85. The topological polar surface area (TPSA) is 75.6 Å². The Kier molecular flexibility index (Phi) is 6.09. The van der Waals surface area contributed by atoms with Crippen LogP contribution in [0.15, 0.2) is 36.4 Å². The fourth-order valence-electron chi connectivity index (χ4n) is 1.70. The van der Waals surface area contributed by atoms with Crippen LogP contribution in [0.25, 0.3) is 0 Å². The maximum absolute atomic E-state index is 11.9. The lowest BCUT2D eigenvalue weighted by Crippen LogP contribution is -2.21. The first kappa shape index (κ1) is 17.8. The lowest BCUT2D eigenvalue weighted by molar-refractivity contribution is -0.119. The fraction of sp³-hybridized carbons (Fsp3) is 0.0667. The molecule has 120 valence electrons. The average molecular weight is 466 g/mol. The molecule has 0 aromatic heterocycles. The fourth-order valence-corrected chi connectivity index (χ4v) is 2.72. The van der Waals surface area contributed by atoms with E-state index in [4.69, 9.17) is 27.9 Å². The third-order valence-electron chi connectivity index (χ3n) is 2.66. The van der Waals surface area contributed by atoms with Gasteiger partial charge in [0.15, 0.2) is 6.61 Å². The summed E-state index contributed by atoms with van der Waals surface area (Å²) in [6.07, 6.45) is 0. The van der Waals surface area contributed by atoms with E-state index in [1.807, 2.05) is 22.6 Å². The summed E-state index contributed by atoms with van der Waals surface area (Å²) in [5, 5.41) is 12.9. The van der Waals surface area contributed by atoms with E-state index in [0.29, 0.717) is 15.7 Å². The molecule has 8 heteroatoms. The quantitative estimate of drug-likeness (QED) is 0.526. The van der Waals surface area contributed by atoms with Gasteiger partial charge in [0.05, 0.1) is 0 Å². The summed E-state index contributed by atoms with van der Waals surface area (Å²) in [6, 6.07) is 9.04. The van der Waals surface area contributed by atoms with Gasteiger partial charge < -0.3 is 15.2 Å². The predicted molar refractivity (Wildman–Crippen MR) is 96.2 cm³/mol. The molecule has 1 amide bonds. The van der Waals surface area contributed by atoms with Gasteiger partial charge in [-0.25, -0.2) is 4.79 Å². The summed E-state index contributed by atoms with van der Waals surface area (Å²) in [4.78, 5) is 23.7. The van der Waals surface area contributed by atoms with Crippen molar-refractivity contribution in [3.8, 4) is 5.75 Å². The van der Waals surface area contributed by atoms with Crippen molar-refractivity contribution in [2.45, 2.75) is 0 Å². The van der Waals surface area contributed by atoms with Crippen molar-refractivity contribution >= 4 is 63.4 Å². The third kappa shape index (κ3) is 5.26. The van der Waals surface area contributed by atoms with Crippen LogP contribution in [0, 0.1) is 3.57 Å². The van der Waals surface area contributed by atoms with Gasteiger partial charge in [-0.2, -0.15) is 0 Å². The number of rotatable bonds is 4. The number of nitrogens with one attached hydrogen (secondary N) is 1. The first-order valence-corrected chi connectivity index (χ1v) is 8.10. The molecule has 0 unspecified atom stereocenters. The van der Waals surface area contributed by atoms with E-state index in [1.54, 1.807) is 6.07 Å². The SMILES string of the molecule is O=C(COC(=O)c1cc(I)ccc1O)Nc1cc(Cl)cc(Cl)c1. The van der Waals surface area contributed by atoms with Crippen LogP contribution in [0.4, 0.5) is 5.69 Å². The molecule has 0 aliphatic heterocycles. The molecule has 2 N–H and O–H groups in total. The first-order chi connectivity index (χ1) is 10.8. The van der Waals surface area contributed by atoms with E-state index in [1.165, 1.54) is 30.3 Å². The number of hydrogen-bond acceptors (Lipinski definition) is 4. The van der Waals surface area contributed by atoms with Gasteiger partial charge in [0.25, 0.3) is 5.91 Å². The monoisotopic (exact) mass is 465 g/mol. The van der Waals surface area contributed by atoms with Crippen molar-refractivity contribution in [2.75, 3.05) is 11.9 Å². The molecule has 0 spiro atoms. The molecule has 0 aliphatic carbocycles. The molecule has 0 saturated carbocycles. The van der Waals surface area contributed by atoms with Crippen LogP contribution in [0.1, 0.15) is 10.4 Å². The third-order valence-corrected chi connectivity index (χ3v) is 3.77. The standard InChI is InChI=1S/C15H10Cl2INO4/c16-8-3-9(17)5-11(4-8)19-14(21)7-23-15(22)12-6-10(18)1-2-13(12)20/h1-6,20H,7H2,(H,19,21). The van der Waals surface area contributed by atoms with Gasteiger partial charge in [-0.05, 0) is 59.0 Å². The lowest BCUT2D eigenvalue weighted by atomic mass is 10.2. The van der Waals surface area contributed by atoms with Crippen LogP contribution in [-0.4, -0.2) is 23.6 Å². The van der Waals surface area contributed by atoms with Gasteiger partial charge >= 0.3 is 5.97 Å². The highest BCUT2D eigenvalue weighted by atomic mass is 127. The van der Waals surface area contributed by atoms with Crippen molar-refractivity contribution in [1.29, 1.82) is 0 Å². The zero-order valence-corrected chi connectivity index (χ0v) is 15.1. The van der Waals surface area contributed by atoms with Gasteiger partial charge in [-0.1, -0.05) is 23.2 Å². The number of amides is 1. The Labute approximate surface area is 155 Å². The molecule has 0 radical (unpaired) electrons. The van der Waals surface area contributed by atoms with E-state index in [9.17, 15) is 14.7 Å². The number of phenols is 1. The van der Waals surface area contributed by atoms with Crippen LogP contribution in [0.3, 0.4) is 0 Å². The van der Waals surface area contributed by atoms with Crippen LogP contribution >= 0.6 is 45.8 Å². The number of carbonyl (C=O) groups excluding carboxylic acids is 2. The van der Waals surface area contributed by atoms with Crippen molar-refractivity contribution in [2.24, 2.45) is 0 Å². The van der Waals surface area contributed by atoms with Gasteiger partial charge in [0.2, 0.25) is 0 Å². The Morgan fingerprint density at radius 2 is 1.78 bits per heavy atom. The summed E-state index contributed by atoms with van der Waals surface area (Å²) in [7, 11) is 0. The lowest BCUT2D eigenvalue weighted by Gasteiger charge is -2.08. The van der Waals surface area contributed by atoms with Gasteiger partial charge in [-0.3, -0.25) is 4.79 Å². The molecular formula is C15H10Cl2INO4. The van der Waals surface area contributed by atoms with Crippen molar-refractivity contribution in [3.63, 3.8) is 0 Å². The highest BCUT2D eigenvalue weighted by Crippen LogP contribution is 2.23. The summed E-state index contributed by atoms with van der Waals surface area (Å²) in [5.74, 6) is -1.56. The Morgan fingerprint density at radius 3 is 2.43 bits per heavy atom. The molecule has 0 heterocycles. The maximum atomic E-state index is 11.9. The van der Waals surface area contributed by atoms with Gasteiger partial charge in [0.1, 0.15) is 11.3 Å². The summed E-state index contributed by atoms with van der Waals surface area (Å²) in [6.45, 7) is -0.506. The number of phenolic OH excluding ortho intramolecular Hbond substituents is 1. The van der Waals surface area contributed by atoms with Crippen LogP contribution in [0.2, 0.25) is 10.0 Å². The normalized spacial score (nSPS) is 10.2. The molecule has 0 atom stereocenters. The van der Waals surface area contributed by atoms with Crippen molar-refractivity contribution < 1.29 is 19.4 Å². The van der Waals surface area contributed by atoms with E-state index in [0.717, 1.165) is 3.57 Å². The minimum atomic E-state index is -0.791. The van der Waals surface area contributed by atoms with E-state index >= 15 is 0 Å². The Bertz CT molecular complexity index is 747. The molecule has 0 saturated heterocycles. The molecular weight excluding hydrogens is 456 g/mol. The van der Waals surface area contributed by atoms with Crippen molar-refractivity contribution in [3.05, 3.63) is 55.6 Å². The summed E-state index contributed by atoms with van der Waals surface area (Å²) >= 11 is 13.6. The molecule has 0 aliphatic rings. The first-order valence-electron chi connectivity index (χ1n) is 6.27. The number of benzene rings is 2. The van der Waals surface area contributed by atoms with Crippen LogP contribution in [-0.2, 0) is 9.53 Å². The average Bonchev–Trinajstić information content (AvgIpc) is 2.46. The molecule has 2 rings (SSSR count). The zero-order valence-electron chi connectivity index (χ0n) is 11.5. The van der Waals surface area contributed by atoms with Crippen LogP contribution < -0.4 is 5.32 Å². The summed E-state index contributed by atoms with van der Waals surface area (Å²) in [5.41, 5.74) is 0.385. The molecule has 23 heavy (non-hydrogen) atoms. The molecule has 2 aromatic carbocycles. The number of aromatic hydroxyl groups is 1. The Hall–Kier alpha value is -1.51. The molecule has 0 fully saturated rings. The summed E-state index contributed by atoms with van der Waals surface area (Å²) < 4.78 is 5.63. The number of ether oxygens (including phenoxy) is 1. The minimum Gasteiger partial charge on any atom is -0.507 e. The predicted octanol–water partition coefficient (Wildman–Crippen LogP) is 4.10. The van der Waals surface area contributed by atoms with Crippen LogP contribution in [0.5, 0.6) is 5.75 Å². The number of anilines is 1. The van der Waals surface area contributed by atoms with E-state index in [2.05, 4.69) is 5.32 Å².